The Morgan fingerprint density at radius 3 is 2.05 bits per heavy atom. The number of aliphatic imine (C=N–C) groups is 1. The van der Waals surface area contributed by atoms with Crippen molar-refractivity contribution >= 4 is 5.90 Å². The maximum atomic E-state index is 5.73. The predicted molar refractivity (Wildman–Crippen MR) is 78.2 cm³/mol. The Morgan fingerprint density at radius 1 is 1.00 bits per heavy atom. The Balaban J connectivity index is 2.52. The van der Waals surface area contributed by atoms with E-state index in [1.165, 1.54) is 0 Å². The summed E-state index contributed by atoms with van der Waals surface area (Å²) in [7, 11) is 6.26. The molecule has 2 rings (SSSR count). The normalized spacial score (nSPS) is 25.2. The van der Waals surface area contributed by atoms with Gasteiger partial charge in [0.25, 0.3) is 0 Å². The van der Waals surface area contributed by atoms with Crippen molar-refractivity contribution in [3.05, 3.63) is 23.8 Å². The fourth-order valence-corrected chi connectivity index (χ4v) is 2.38. The molecule has 0 saturated carbocycles. The Bertz CT molecular complexity index is 484. The molecule has 0 amide bonds. The predicted octanol–water partition coefficient (Wildman–Crippen LogP) is 1.67. The van der Waals surface area contributed by atoms with E-state index in [4.69, 9.17) is 23.7 Å². The lowest BCUT2D eigenvalue weighted by Gasteiger charge is -2.37. The summed E-state index contributed by atoms with van der Waals surface area (Å²) in [5, 5.41) is 0. The largest absolute Gasteiger partial charge is 0.475 e. The van der Waals surface area contributed by atoms with Gasteiger partial charge in [-0.05, 0) is 32.1 Å². The lowest BCUT2D eigenvalue weighted by Crippen LogP contribution is -2.44. The molecule has 0 aromatic carbocycles. The fraction of sp³-hybridized carbons (Fsp3) is 0.667. The van der Waals surface area contributed by atoms with Crippen molar-refractivity contribution in [2.45, 2.75) is 31.0 Å². The van der Waals surface area contributed by atoms with Crippen LogP contribution in [-0.4, -0.2) is 58.1 Å². The lowest BCUT2D eigenvalue weighted by atomic mass is 9.94. The highest BCUT2D eigenvalue weighted by atomic mass is 16.7. The molecule has 1 aliphatic carbocycles. The molecule has 6 heteroatoms. The van der Waals surface area contributed by atoms with Crippen molar-refractivity contribution in [3.63, 3.8) is 0 Å². The minimum absolute atomic E-state index is 0.284. The highest BCUT2D eigenvalue weighted by Gasteiger charge is 2.45. The second-order valence-electron chi connectivity index (χ2n) is 5.61. The average molecular weight is 297 g/mol. The van der Waals surface area contributed by atoms with Crippen molar-refractivity contribution in [1.29, 1.82) is 0 Å². The molecule has 0 spiro atoms. The van der Waals surface area contributed by atoms with Crippen molar-refractivity contribution < 1.29 is 23.7 Å². The molecule has 0 atom stereocenters. The van der Waals surface area contributed by atoms with E-state index in [1.54, 1.807) is 46.7 Å². The molecular weight excluding hydrogens is 274 g/mol. The molecule has 0 aromatic heterocycles. The van der Waals surface area contributed by atoms with E-state index >= 15 is 0 Å². The topological polar surface area (TPSA) is 58.5 Å². The minimum Gasteiger partial charge on any atom is -0.475 e. The van der Waals surface area contributed by atoms with Crippen LogP contribution in [-0.2, 0) is 23.7 Å². The lowest BCUT2D eigenvalue weighted by molar-refractivity contribution is -0.164. The molecule has 0 N–H and O–H groups in total. The van der Waals surface area contributed by atoms with Gasteiger partial charge in [0.1, 0.15) is 6.61 Å². The summed E-state index contributed by atoms with van der Waals surface area (Å²) < 4.78 is 27.7. The third-order valence-electron chi connectivity index (χ3n) is 3.70. The van der Waals surface area contributed by atoms with Gasteiger partial charge in [-0.25, -0.2) is 4.99 Å². The van der Waals surface area contributed by atoms with Crippen molar-refractivity contribution in [2.24, 2.45) is 4.99 Å². The molecule has 0 saturated heterocycles. The summed E-state index contributed by atoms with van der Waals surface area (Å²) in [6, 6.07) is 0. The molecule has 0 unspecified atom stereocenters. The number of nitrogens with zero attached hydrogens (tertiary/aromatic N) is 1. The Kier molecular flexibility index (Phi) is 4.26. The standard InChI is InChI=1S/C15H23NO5/c1-13(2)10-21-12(16-13)11-9-14(17-3,18-4)7-8-15(11,19-5)20-6/h7-9H,10H2,1-6H3. The van der Waals surface area contributed by atoms with Crippen LogP contribution >= 0.6 is 0 Å². The molecule has 2 aliphatic rings. The van der Waals surface area contributed by atoms with Crippen LogP contribution in [0.1, 0.15) is 13.8 Å². The molecular formula is C15H23NO5. The summed E-state index contributed by atoms with van der Waals surface area (Å²) in [5.74, 6) is -1.58. The van der Waals surface area contributed by atoms with Gasteiger partial charge in [0.05, 0.1) is 11.1 Å². The van der Waals surface area contributed by atoms with Crippen LogP contribution in [0.4, 0.5) is 0 Å². The molecule has 118 valence electrons. The molecule has 21 heavy (non-hydrogen) atoms. The molecule has 1 aliphatic heterocycles. The monoisotopic (exact) mass is 297 g/mol. The van der Waals surface area contributed by atoms with Gasteiger partial charge in [0, 0.05) is 28.4 Å². The van der Waals surface area contributed by atoms with Crippen LogP contribution in [0.3, 0.4) is 0 Å². The van der Waals surface area contributed by atoms with E-state index in [9.17, 15) is 0 Å². The SMILES string of the molecule is COC1(OC)C=CC(OC)(OC)C(C2=NC(C)(C)CO2)=C1. The Hall–Kier alpha value is -1.21. The van der Waals surface area contributed by atoms with Crippen LogP contribution in [0, 0.1) is 0 Å². The van der Waals surface area contributed by atoms with E-state index in [0.717, 1.165) is 0 Å². The average Bonchev–Trinajstić information content (AvgIpc) is 2.86. The maximum Gasteiger partial charge on any atom is 0.220 e. The second kappa shape index (κ2) is 5.53. The van der Waals surface area contributed by atoms with Gasteiger partial charge in [-0.2, -0.15) is 0 Å². The summed E-state index contributed by atoms with van der Waals surface area (Å²) in [5.41, 5.74) is 0.345. The second-order valence-corrected chi connectivity index (χ2v) is 5.61. The van der Waals surface area contributed by atoms with Gasteiger partial charge in [-0.1, -0.05) is 0 Å². The van der Waals surface area contributed by atoms with E-state index in [-0.39, 0.29) is 5.54 Å². The maximum absolute atomic E-state index is 5.73. The van der Waals surface area contributed by atoms with Gasteiger partial charge in [0.15, 0.2) is 0 Å². The van der Waals surface area contributed by atoms with Crippen LogP contribution < -0.4 is 0 Å². The number of rotatable bonds is 5. The first kappa shape index (κ1) is 16.2. The number of hydrogen-bond acceptors (Lipinski definition) is 6. The zero-order valence-corrected chi connectivity index (χ0v) is 13.4. The first-order valence-electron chi connectivity index (χ1n) is 6.73. The number of methoxy groups -OCH3 is 4. The van der Waals surface area contributed by atoms with Gasteiger partial charge in [-0.15, -0.1) is 0 Å². The Labute approximate surface area is 125 Å². The van der Waals surface area contributed by atoms with Gasteiger partial charge >= 0.3 is 0 Å². The van der Waals surface area contributed by atoms with E-state index < -0.39 is 11.6 Å². The van der Waals surface area contributed by atoms with Crippen LogP contribution in [0.25, 0.3) is 0 Å². The molecule has 0 fully saturated rings. The van der Waals surface area contributed by atoms with E-state index in [0.29, 0.717) is 18.1 Å². The third-order valence-corrected chi connectivity index (χ3v) is 3.70. The molecule has 0 aromatic rings. The number of hydrogen-bond donors (Lipinski definition) is 0. The first-order chi connectivity index (χ1) is 9.86. The zero-order valence-electron chi connectivity index (χ0n) is 13.4. The Morgan fingerprint density at radius 2 is 1.62 bits per heavy atom. The summed E-state index contributed by atoms with van der Waals surface area (Å²) in [6.07, 6.45) is 5.25. The molecule has 6 nitrogen and oxygen atoms in total. The van der Waals surface area contributed by atoms with Gasteiger partial charge in [-0.3, -0.25) is 0 Å². The minimum atomic E-state index is -1.07. The highest BCUT2D eigenvalue weighted by molar-refractivity contribution is 5.97. The van der Waals surface area contributed by atoms with Crippen LogP contribution in [0.2, 0.25) is 0 Å². The molecule has 1 heterocycles. The third kappa shape index (κ3) is 2.76. The number of ether oxygens (including phenoxy) is 5. The van der Waals surface area contributed by atoms with Gasteiger partial charge < -0.3 is 23.7 Å². The zero-order chi connectivity index (χ0) is 15.7. The van der Waals surface area contributed by atoms with Crippen LogP contribution in [0.5, 0.6) is 0 Å². The van der Waals surface area contributed by atoms with Gasteiger partial charge in [0.2, 0.25) is 17.5 Å². The van der Waals surface area contributed by atoms with Crippen molar-refractivity contribution in [3.8, 4) is 0 Å². The van der Waals surface area contributed by atoms with Crippen LogP contribution in [0.15, 0.2) is 28.8 Å². The highest BCUT2D eigenvalue weighted by Crippen LogP contribution is 2.37. The summed E-state index contributed by atoms with van der Waals surface area (Å²) >= 11 is 0. The van der Waals surface area contributed by atoms with Crippen molar-refractivity contribution in [1.82, 2.24) is 0 Å². The summed E-state index contributed by atoms with van der Waals surface area (Å²) in [6.45, 7) is 4.50. The molecule has 0 radical (unpaired) electrons. The van der Waals surface area contributed by atoms with E-state index in [2.05, 4.69) is 4.99 Å². The van der Waals surface area contributed by atoms with Crippen molar-refractivity contribution in [2.75, 3.05) is 35.0 Å². The summed E-state index contributed by atoms with van der Waals surface area (Å²) in [4.78, 5) is 4.59. The molecule has 0 bridgehead atoms. The fourth-order valence-electron chi connectivity index (χ4n) is 2.38. The smallest absolute Gasteiger partial charge is 0.220 e. The van der Waals surface area contributed by atoms with E-state index in [1.807, 2.05) is 13.8 Å². The first-order valence-corrected chi connectivity index (χ1v) is 6.73. The quantitative estimate of drug-likeness (QED) is 0.570.